The first kappa shape index (κ1) is 15.6. The van der Waals surface area contributed by atoms with Gasteiger partial charge in [-0.15, -0.1) is 0 Å². The zero-order valence-corrected chi connectivity index (χ0v) is 12.8. The normalized spacial score (nSPS) is 17.7. The predicted octanol–water partition coefficient (Wildman–Crippen LogP) is 2.22. The van der Waals surface area contributed by atoms with Gasteiger partial charge in [0.25, 0.3) is 0 Å². The molecule has 1 aliphatic rings. The molecule has 2 aromatic rings. The summed E-state index contributed by atoms with van der Waals surface area (Å²) in [5, 5.41) is 4.98. The van der Waals surface area contributed by atoms with Gasteiger partial charge in [0.15, 0.2) is 0 Å². The highest BCUT2D eigenvalue weighted by Crippen LogP contribution is 2.11. The second-order valence-electron chi connectivity index (χ2n) is 5.74. The molecular weight excluding hydrogens is 293 g/mol. The first-order valence-electron chi connectivity index (χ1n) is 7.76. The van der Waals surface area contributed by atoms with Crippen LogP contribution in [0.1, 0.15) is 17.5 Å². The largest absolute Gasteiger partial charge is 0.308 e. The zero-order chi connectivity index (χ0) is 16.1. The van der Waals surface area contributed by atoms with Crippen LogP contribution in [-0.4, -0.2) is 23.5 Å². The van der Waals surface area contributed by atoms with Gasteiger partial charge in [0.2, 0.25) is 5.91 Å². The first-order valence-corrected chi connectivity index (χ1v) is 7.76. The molecule has 1 atom stereocenters. The Hall–Kier alpha value is -2.24. The average Bonchev–Trinajstić information content (AvgIpc) is 2.92. The molecule has 0 bridgehead atoms. The quantitative estimate of drug-likeness (QED) is 0.859. The van der Waals surface area contributed by atoms with E-state index in [-0.39, 0.29) is 17.8 Å². The Morgan fingerprint density at radius 2 is 1.83 bits per heavy atom. The summed E-state index contributed by atoms with van der Waals surface area (Å²) >= 11 is 0. The Labute approximate surface area is 135 Å². The van der Waals surface area contributed by atoms with Crippen molar-refractivity contribution in [3.05, 3.63) is 71.5 Å². The van der Waals surface area contributed by atoms with E-state index >= 15 is 0 Å². The Balaban J connectivity index is 1.47. The lowest BCUT2D eigenvalue weighted by molar-refractivity contribution is -0.130. The number of nitrogens with one attached hydrogen (secondary N) is 2. The van der Waals surface area contributed by atoms with Crippen LogP contribution >= 0.6 is 0 Å². The second-order valence-corrected chi connectivity index (χ2v) is 5.74. The van der Waals surface area contributed by atoms with Gasteiger partial charge in [-0.25, -0.2) is 9.82 Å². The van der Waals surface area contributed by atoms with Crippen molar-refractivity contribution in [2.24, 2.45) is 0 Å². The van der Waals surface area contributed by atoms with Gasteiger partial charge in [-0.2, -0.15) is 0 Å². The van der Waals surface area contributed by atoms with Crippen molar-refractivity contribution < 1.29 is 9.18 Å². The fourth-order valence-electron chi connectivity index (χ4n) is 2.69. The minimum absolute atomic E-state index is 0.0778. The van der Waals surface area contributed by atoms with E-state index in [0.717, 1.165) is 11.1 Å². The van der Waals surface area contributed by atoms with Crippen molar-refractivity contribution in [3.8, 4) is 0 Å². The van der Waals surface area contributed by atoms with Crippen LogP contribution < -0.4 is 10.7 Å². The SMILES string of the molecule is O=C1CC(NCc2cccc(F)c2)CN1NCc1ccccc1. The van der Waals surface area contributed by atoms with Crippen LogP contribution in [0.25, 0.3) is 0 Å². The number of rotatable bonds is 6. The molecule has 120 valence electrons. The Morgan fingerprint density at radius 3 is 2.61 bits per heavy atom. The fourth-order valence-corrected chi connectivity index (χ4v) is 2.69. The standard InChI is InChI=1S/C18H20FN3O/c19-16-8-4-7-15(9-16)11-20-17-10-18(23)22(13-17)21-12-14-5-2-1-3-6-14/h1-9,17,20-21H,10-13H2. The molecule has 1 amide bonds. The van der Waals surface area contributed by atoms with Gasteiger partial charge < -0.3 is 5.32 Å². The van der Waals surface area contributed by atoms with Crippen molar-refractivity contribution in [2.45, 2.75) is 25.6 Å². The number of benzene rings is 2. The second kappa shape index (κ2) is 7.35. The monoisotopic (exact) mass is 313 g/mol. The van der Waals surface area contributed by atoms with Gasteiger partial charge >= 0.3 is 0 Å². The average molecular weight is 313 g/mol. The number of amides is 1. The molecule has 0 spiro atoms. The minimum Gasteiger partial charge on any atom is -0.308 e. The molecule has 0 saturated carbocycles. The third-order valence-electron chi connectivity index (χ3n) is 3.93. The molecule has 1 unspecified atom stereocenters. The number of hydrogen-bond donors (Lipinski definition) is 2. The number of hydrogen-bond acceptors (Lipinski definition) is 3. The van der Waals surface area contributed by atoms with E-state index in [0.29, 0.717) is 26.1 Å². The Bertz CT molecular complexity index is 662. The van der Waals surface area contributed by atoms with E-state index in [9.17, 15) is 9.18 Å². The van der Waals surface area contributed by atoms with E-state index < -0.39 is 0 Å². The van der Waals surface area contributed by atoms with E-state index in [1.807, 2.05) is 36.4 Å². The summed E-state index contributed by atoms with van der Waals surface area (Å²) in [7, 11) is 0. The van der Waals surface area contributed by atoms with Gasteiger partial charge in [0.1, 0.15) is 5.82 Å². The zero-order valence-electron chi connectivity index (χ0n) is 12.8. The first-order chi connectivity index (χ1) is 11.2. The van der Waals surface area contributed by atoms with Gasteiger partial charge in [-0.3, -0.25) is 9.80 Å². The lowest BCUT2D eigenvalue weighted by Gasteiger charge is -2.18. The maximum atomic E-state index is 13.2. The van der Waals surface area contributed by atoms with Gasteiger partial charge in [0, 0.05) is 25.6 Å². The van der Waals surface area contributed by atoms with Crippen LogP contribution in [0.2, 0.25) is 0 Å². The number of halogens is 1. The van der Waals surface area contributed by atoms with Crippen molar-refractivity contribution >= 4 is 5.91 Å². The smallest absolute Gasteiger partial charge is 0.238 e. The molecule has 1 fully saturated rings. The predicted molar refractivity (Wildman–Crippen MR) is 86.6 cm³/mol. The fraction of sp³-hybridized carbons (Fsp3) is 0.278. The van der Waals surface area contributed by atoms with Gasteiger partial charge in [0.05, 0.1) is 6.54 Å². The summed E-state index contributed by atoms with van der Waals surface area (Å²) < 4.78 is 13.2. The maximum absolute atomic E-state index is 13.2. The number of hydrazine groups is 1. The van der Waals surface area contributed by atoms with Crippen LogP contribution in [0.4, 0.5) is 4.39 Å². The Kier molecular flexibility index (Phi) is 5.00. The molecule has 4 nitrogen and oxygen atoms in total. The molecule has 2 aromatic carbocycles. The molecular formula is C18H20FN3O. The summed E-state index contributed by atoms with van der Waals surface area (Å²) in [6.45, 7) is 1.80. The molecule has 1 aliphatic heterocycles. The molecule has 3 rings (SSSR count). The molecule has 2 N–H and O–H groups in total. The lowest BCUT2D eigenvalue weighted by atomic mass is 10.2. The molecule has 0 radical (unpaired) electrons. The molecule has 1 saturated heterocycles. The third kappa shape index (κ3) is 4.37. The summed E-state index contributed by atoms with van der Waals surface area (Å²) in [6.07, 6.45) is 0.455. The van der Waals surface area contributed by atoms with Crippen LogP contribution in [0.5, 0.6) is 0 Å². The molecule has 1 heterocycles. The maximum Gasteiger partial charge on any atom is 0.238 e. The van der Waals surface area contributed by atoms with Gasteiger partial charge in [-0.1, -0.05) is 42.5 Å². The van der Waals surface area contributed by atoms with Crippen LogP contribution in [0.3, 0.4) is 0 Å². The number of nitrogens with zero attached hydrogens (tertiary/aromatic N) is 1. The molecule has 0 aliphatic carbocycles. The van der Waals surface area contributed by atoms with Gasteiger partial charge in [-0.05, 0) is 23.3 Å². The molecule has 23 heavy (non-hydrogen) atoms. The van der Waals surface area contributed by atoms with Crippen molar-refractivity contribution in [1.82, 2.24) is 15.8 Å². The third-order valence-corrected chi connectivity index (χ3v) is 3.93. The van der Waals surface area contributed by atoms with Crippen molar-refractivity contribution in [3.63, 3.8) is 0 Å². The van der Waals surface area contributed by atoms with Crippen LogP contribution in [0.15, 0.2) is 54.6 Å². The lowest BCUT2D eigenvalue weighted by Crippen LogP contribution is -2.40. The summed E-state index contributed by atoms with van der Waals surface area (Å²) in [5.41, 5.74) is 5.19. The van der Waals surface area contributed by atoms with E-state index in [2.05, 4.69) is 10.7 Å². The topological polar surface area (TPSA) is 44.4 Å². The van der Waals surface area contributed by atoms with Crippen molar-refractivity contribution in [2.75, 3.05) is 6.54 Å². The van der Waals surface area contributed by atoms with Crippen molar-refractivity contribution in [1.29, 1.82) is 0 Å². The van der Waals surface area contributed by atoms with Crippen LogP contribution in [0, 0.1) is 5.82 Å². The summed E-state index contributed by atoms with van der Waals surface area (Å²) in [4.78, 5) is 12.0. The Morgan fingerprint density at radius 1 is 1.04 bits per heavy atom. The summed E-state index contributed by atoms with van der Waals surface area (Å²) in [5.74, 6) is -0.157. The van der Waals surface area contributed by atoms with E-state index in [1.54, 1.807) is 11.1 Å². The highest BCUT2D eigenvalue weighted by Gasteiger charge is 2.28. The number of carbonyl (C=O) groups is 1. The highest BCUT2D eigenvalue weighted by molar-refractivity contribution is 5.78. The number of carbonyl (C=O) groups excluding carboxylic acids is 1. The molecule has 0 aromatic heterocycles. The molecule has 5 heteroatoms. The van der Waals surface area contributed by atoms with E-state index in [4.69, 9.17) is 0 Å². The van der Waals surface area contributed by atoms with Crippen LogP contribution in [-0.2, 0) is 17.9 Å². The van der Waals surface area contributed by atoms with E-state index in [1.165, 1.54) is 12.1 Å². The summed E-state index contributed by atoms with van der Waals surface area (Å²) in [6, 6.07) is 16.6. The minimum atomic E-state index is -0.238. The highest BCUT2D eigenvalue weighted by atomic mass is 19.1.